The van der Waals surface area contributed by atoms with Gasteiger partial charge in [-0.05, 0) is 37.1 Å². The van der Waals surface area contributed by atoms with E-state index in [1.54, 1.807) is 18.6 Å². The van der Waals surface area contributed by atoms with Crippen LogP contribution in [0.5, 0.6) is 0 Å². The second kappa shape index (κ2) is 6.65. The Kier molecular flexibility index (Phi) is 4.65. The molecule has 0 bridgehead atoms. The quantitative estimate of drug-likeness (QED) is 0.815. The van der Waals surface area contributed by atoms with Gasteiger partial charge in [0, 0.05) is 31.0 Å². The number of hydrogen-bond acceptors (Lipinski definition) is 4. The van der Waals surface area contributed by atoms with Crippen molar-refractivity contribution < 1.29 is 4.79 Å². The molecule has 0 fully saturated rings. The Hall–Kier alpha value is -2.43. The maximum absolute atomic E-state index is 12.0. The summed E-state index contributed by atoms with van der Waals surface area (Å²) < 4.78 is 0. The largest absolute Gasteiger partial charge is 0.367 e. The third kappa shape index (κ3) is 3.78. The van der Waals surface area contributed by atoms with Crippen LogP contribution in [0.25, 0.3) is 0 Å². The van der Waals surface area contributed by atoms with Crippen LogP contribution in [0.1, 0.15) is 21.5 Å². The summed E-state index contributed by atoms with van der Waals surface area (Å²) in [5.41, 5.74) is 2.99. The van der Waals surface area contributed by atoms with Crippen LogP contribution in [0.4, 0.5) is 5.82 Å². The summed E-state index contributed by atoms with van der Waals surface area (Å²) in [5.74, 6) is 0.641. The highest BCUT2D eigenvalue weighted by atomic mass is 16.1. The highest BCUT2D eigenvalue weighted by Crippen LogP contribution is 2.09. The normalized spacial score (nSPS) is 10.1. The average Bonchev–Trinajstić information content (AvgIpc) is 2.47. The van der Waals surface area contributed by atoms with E-state index in [0.29, 0.717) is 24.5 Å². The zero-order valence-corrected chi connectivity index (χ0v) is 11.7. The zero-order valence-electron chi connectivity index (χ0n) is 11.7. The van der Waals surface area contributed by atoms with Crippen LogP contribution in [-0.4, -0.2) is 29.0 Å². The molecule has 0 spiro atoms. The molecule has 0 saturated heterocycles. The van der Waals surface area contributed by atoms with Gasteiger partial charge < -0.3 is 10.6 Å². The van der Waals surface area contributed by atoms with Gasteiger partial charge in [-0.25, -0.2) is 4.98 Å². The number of rotatable bonds is 5. The number of benzene rings is 1. The second-order valence-electron chi connectivity index (χ2n) is 4.57. The average molecular weight is 270 g/mol. The summed E-state index contributed by atoms with van der Waals surface area (Å²) in [7, 11) is 0. The van der Waals surface area contributed by atoms with E-state index < -0.39 is 0 Å². The first-order valence-corrected chi connectivity index (χ1v) is 6.52. The molecule has 1 heterocycles. The minimum atomic E-state index is -0.0611. The monoisotopic (exact) mass is 270 g/mol. The summed E-state index contributed by atoms with van der Waals surface area (Å²) in [5, 5.41) is 5.95. The van der Waals surface area contributed by atoms with Crippen LogP contribution in [-0.2, 0) is 0 Å². The van der Waals surface area contributed by atoms with Crippen molar-refractivity contribution in [2.45, 2.75) is 13.8 Å². The van der Waals surface area contributed by atoms with E-state index >= 15 is 0 Å². The lowest BCUT2D eigenvalue weighted by Gasteiger charge is -2.08. The molecule has 1 amide bonds. The number of carbonyl (C=O) groups excluding carboxylic acids is 1. The Balaban J connectivity index is 1.79. The molecule has 0 aliphatic carbocycles. The fourth-order valence-electron chi connectivity index (χ4n) is 1.74. The fraction of sp³-hybridized carbons (Fsp3) is 0.267. The fourth-order valence-corrected chi connectivity index (χ4v) is 1.74. The molecule has 2 rings (SSSR count). The van der Waals surface area contributed by atoms with E-state index in [0.717, 1.165) is 5.56 Å². The molecular formula is C15H18N4O. The summed E-state index contributed by atoms with van der Waals surface area (Å²) in [6.45, 7) is 5.17. The molecule has 5 heteroatoms. The number of aromatic nitrogens is 2. The number of hydrogen-bond donors (Lipinski definition) is 2. The molecule has 0 radical (unpaired) electrons. The molecule has 0 unspecified atom stereocenters. The van der Waals surface area contributed by atoms with Gasteiger partial charge in [0.05, 0.1) is 6.20 Å². The second-order valence-corrected chi connectivity index (χ2v) is 4.57. The SMILES string of the molecule is Cc1ccc(C(=O)NCCNc2cnccn2)cc1C. The molecule has 0 aliphatic heterocycles. The molecule has 0 saturated carbocycles. The van der Waals surface area contributed by atoms with Gasteiger partial charge in [-0.2, -0.15) is 0 Å². The minimum absolute atomic E-state index is 0.0611. The van der Waals surface area contributed by atoms with Gasteiger partial charge in [0.2, 0.25) is 0 Å². The van der Waals surface area contributed by atoms with E-state index in [1.807, 2.05) is 32.0 Å². The van der Waals surface area contributed by atoms with Crippen molar-refractivity contribution in [1.29, 1.82) is 0 Å². The number of anilines is 1. The highest BCUT2D eigenvalue weighted by Gasteiger charge is 2.05. The number of aryl methyl sites for hydroxylation is 2. The first kappa shape index (κ1) is 14.0. The Labute approximate surface area is 118 Å². The summed E-state index contributed by atoms with van der Waals surface area (Å²) in [6, 6.07) is 5.70. The standard InChI is InChI=1S/C15H18N4O/c1-11-3-4-13(9-12(11)2)15(20)19-8-7-18-14-10-16-5-6-17-14/h3-6,9-10H,7-8H2,1-2H3,(H,17,18)(H,19,20). The summed E-state index contributed by atoms with van der Waals surface area (Å²) >= 11 is 0. The third-order valence-electron chi connectivity index (χ3n) is 3.05. The van der Waals surface area contributed by atoms with Crippen molar-refractivity contribution in [2.24, 2.45) is 0 Å². The molecule has 2 aromatic rings. The Bertz CT molecular complexity index is 584. The van der Waals surface area contributed by atoms with Crippen molar-refractivity contribution in [3.63, 3.8) is 0 Å². The Morgan fingerprint density at radius 1 is 1.15 bits per heavy atom. The van der Waals surface area contributed by atoms with Gasteiger partial charge in [-0.3, -0.25) is 9.78 Å². The first-order chi connectivity index (χ1) is 9.66. The number of carbonyl (C=O) groups is 1. The van der Waals surface area contributed by atoms with Gasteiger partial charge in [0.1, 0.15) is 5.82 Å². The molecule has 1 aromatic carbocycles. The van der Waals surface area contributed by atoms with Gasteiger partial charge in [0.15, 0.2) is 0 Å². The smallest absolute Gasteiger partial charge is 0.251 e. The van der Waals surface area contributed by atoms with Crippen molar-refractivity contribution in [2.75, 3.05) is 18.4 Å². The van der Waals surface area contributed by atoms with E-state index in [2.05, 4.69) is 20.6 Å². The molecule has 20 heavy (non-hydrogen) atoms. The highest BCUT2D eigenvalue weighted by molar-refractivity contribution is 5.94. The van der Waals surface area contributed by atoms with E-state index in [-0.39, 0.29) is 5.91 Å². The number of nitrogens with zero attached hydrogens (tertiary/aromatic N) is 2. The van der Waals surface area contributed by atoms with Crippen molar-refractivity contribution in [3.05, 3.63) is 53.5 Å². The molecule has 104 valence electrons. The van der Waals surface area contributed by atoms with Crippen LogP contribution >= 0.6 is 0 Å². The van der Waals surface area contributed by atoms with E-state index in [9.17, 15) is 4.79 Å². The predicted molar refractivity (Wildman–Crippen MR) is 78.8 cm³/mol. The van der Waals surface area contributed by atoms with Gasteiger partial charge in [-0.15, -0.1) is 0 Å². The number of amides is 1. The number of nitrogens with one attached hydrogen (secondary N) is 2. The first-order valence-electron chi connectivity index (χ1n) is 6.52. The third-order valence-corrected chi connectivity index (χ3v) is 3.05. The maximum Gasteiger partial charge on any atom is 0.251 e. The van der Waals surface area contributed by atoms with Crippen molar-refractivity contribution in [1.82, 2.24) is 15.3 Å². The van der Waals surface area contributed by atoms with E-state index in [1.165, 1.54) is 5.56 Å². The van der Waals surface area contributed by atoms with Crippen LogP contribution in [0.3, 0.4) is 0 Å². The predicted octanol–water partition coefficient (Wildman–Crippen LogP) is 1.94. The lowest BCUT2D eigenvalue weighted by Crippen LogP contribution is -2.29. The zero-order chi connectivity index (χ0) is 14.4. The molecule has 1 aromatic heterocycles. The minimum Gasteiger partial charge on any atom is -0.367 e. The Morgan fingerprint density at radius 3 is 2.70 bits per heavy atom. The van der Waals surface area contributed by atoms with Crippen LogP contribution in [0, 0.1) is 13.8 Å². The van der Waals surface area contributed by atoms with Gasteiger partial charge in [0.25, 0.3) is 5.91 Å². The molecule has 0 atom stereocenters. The lowest BCUT2D eigenvalue weighted by atomic mass is 10.1. The molecule has 0 aliphatic rings. The summed E-state index contributed by atoms with van der Waals surface area (Å²) in [4.78, 5) is 20.0. The lowest BCUT2D eigenvalue weighted by molar-refractivity contribution is 0.0955. The van der Waals surface area contributed by atoms with Gasteiger partial charge in [-0.1, -0.05) is 6.07 Å². The summed E-state index contributed by atoms with van der Waals surface area (Å²) in [6.07, 6.45) is 4.88. The van der Waals surface area contributed by atoms with E-state index in [4.69, 9.17) is 0 Å². The molecular weight excluding hydrogens is 252 g/mol. The van der Waals surface area contributed by atoms with Gasteiger partial charge >= 0.3 is 0 Å². The molecule has 2 N–H and O–H groups in total. The maximum atomic E-state index is 12.0. The van der Waals surface area contributed by atoms with Crippen molar-refractivity contribution in [3.8, 4) is 0 Å². The van der Waals surface area contributed by atoms with Crippen molar-refractivity contribution >= 4 is 11.7 Å². The van der Waals surface area contributed by atoms with Crippen LogP contribution < -0.4 is 10.6 Å². The van der Waals surface area contributed by atoms with Crippen LogP contribution in [0.15, 0.2) is 36.8 Å². The topological polar surface area (TPSA) is 66.9 Å². The van der Waals surface area contributed by atoms with Crippen LogP contribution in [0.2, 0.25) is 0 Å². The molecule has 5 nitrogen and oxygen atoms in total. The Morgan fingerprint density at radius 2 is 2.00 bits per heavy atom.